The first-order valence-corrected chi connectivity index (χ1v) is 9.40. The molecule has 2 N–H and O–H groups in total. The van der Waals surface area contributed by atoms with Crippen molar-refractivity contribution in [3.05, 3.63) is 70.5 Å². The van der Waals surface area contributed by atoms with Gasteiger partial charge >= 0.3 is 11.9 Å². The van der Waals surface area contributed by atoms with E-state index < -0.39 is 11.9 Å². The van der Waals surface area contributed by atoms with Crippen molar-refractivity contribution >= 4 is 23.5 Å². The fraction of sp³-hybridized carbons (Fsp3) is 0.333. The van der Waals surface area contributed by atoms with Crippen molar-refractivity contribution in [3.8, 4) is 0 Å². The lowest BCUT2D eigenvalue weighted by atomic mass is 9.90. The number of nitrogens with zero attached hydrogens (tertiary/aromatic N) is 1. The normalized spacial score (nSPS) is 14.8. The number of likely N-dealkylation sites (tertiary alicyclic amines) is 1. The van der Waals surface area contributed by atoms with Gasteiger partial charge in [-0.3, -0.25) is 4.90 Å². The third-order valence-corrected chi connectivity index (χ3v) is 5.05. The third kappa shape index (κ3) is 6.94. The van der Waals surface area contributed by atoms with Gasteiger partial charge in [-0.2, -0.15) is 0 Å². The van der Waals surface area contributed by atoms with Crippen LogP contribution in [0.25, 0.3) is 0 Å². The summed E-state index contributed by atoms with van der Waals surface area (Å²) in [5.74, 6) is -3.11. The summed E-state index contributed by atoms with van der Waals surface area (Å²) in [7, 11) is 0. The molecule has 0 spiro atoms. The summed E-state index contributed by atoms with van der Waals surface area (Å²) < 4.78 is 13.9. The van der Waals surface area contributed by atoms with Crippen LogP contribution in [0.3, 0.4) is 0 Å². The molecule has 0 saturated carbocycles. The molecule has 1 aliphatic heterocycles. The van der Waals surface area contributed by atoms with Crippen molar-refractivity contribution in [3.63, 3.8) is 0 Å². The average molecular weight is 408 g/mol. The molecule has 1 heterocycles. The summed E-state index contributed by atoms with van der Waals surface area (Å²) >= 11 is 6.12. The summed E-state index contributed by atoms with van der Waals surface area (Å²) in [5.41, 5.74) is 2.05. The van der Waals surface area contributed by atoms with Gasteiger partial charge < -0.3 is 10.2 Å². The first-order chi connectivity index (χ1) is 13.4. The highest BCUT2D eigenvalue weighted by molar-refractivity contribution is 6.31. The van der Waals surface area contributed by atoms with Crippen LogP contribution in [0.1, 0.15) is 24.0 Å². The SMILES string of the molecule is Fc1cccc(Cl)c1CN1CCC(Cc2ccccc2)CC1.O=C(O)C(=O)O. The molecule has 7 heteroatoms. The Balaban J connectivity index is 0.000000409. The maximum Gasteiger partial charge on any atom is 0.414 e. The van der Waals surface area contributed by atoms with Crippen molar-refractivity contribution in [1.29, 1.82) is 0 Å². The first-order valence-electron chi connectivity index (χ1n) is 9.02. The van der Waals surface area contributed by atoms with E-state index in [2.05, 4.69) is 35.2 Å². The Morgan fingerprint density at radius 3 is 2.14 bits per heavy atom. The molecule has 28 heavy (non-hydrogen) atoms. The largest absolute Gasteiger partial charge is 0.473 e. The lowest BCUT2D eigenvalue weighted by Crippen LogP contribution is -2.34. The fourth-order valence-electron chi connectivity index (χ4n) is 3.20. The number of rotatable bonds is 4. The van der Waals surface area contributed by atoms with E-state index in [-0.39, 0.29) is 5.82 Å². The predicted octanol–water partition coefficient (Wildman–Crippen LogP) is 4.09. The Labute approximate surface area is 168 Å². The Hall–Kier alpha value is -2.44. The number of carbonyl (C=O) groups is 2. The van der Waals surface area contributed by atoms with E-state index in [0.717, 1.165) is 25.4 Å². The van der Waals surface area contributed by atoms with Crippen LogP contribution in [-0.4, -0.2) is 40.1 Å². The van der Waals surface area contributed by atoms with Crippen LogP contribution in [0.5, 0.6) is 0 Å². The van der Waals surface area contributed by atoms with Crippen LogP contribution in [-0.2, 0) is 22.6 Å². The Morgan fingerprint density at radius 1 is 1.00 bits per heavy atom. The number of carboxylic acids is 2. The molecule has 3 rings (SSSR count). The van der Waals surface area contributed by atoms with Crippen LogP contribution in [0.4, 0.5) is 4.39 Å². The monoisotopic (exact) mass is 407 g/mol. The number of aliphatic carboxylic acids is 2. The zero-order chi connectivity index (χ0) is 20.5. The van der Waals surface area contributed by atoms with E-state index in [1.54, 1.807) is 12.1 Å². The van der Waals surface area contributed by atoms with Gasteiger partial charge in [0.05, 0.1) is 0 Å². The van der Waals surface area contributed by atoms with Gasteiger partial charge in [0.1, 0.15) is 5.82 Å². The summed E-state index contributed by atoms with van der Waals surface area (Å²) in [6, 6.07) is 15.6. The van der Waals surface area contributed by atoms with Crippen molar-refractivity contribution in [2.75, 3.05) is 13.1 Å². The van der Waals surface area contributed by atoms with Gasteiger partial charge in [0.25, 0.3) is 0 Å². The Bertz CT molecular complexity index is 760. The van der Waals surface area contributed by atoms with Crippen molar-refractivity contribution in [2.45, 2.75) is 25.8 Å². The number of hydrogen-bond donors (Lipinski definition) is 2. The lowest BCUT2D eigenvalue weighted by molar-refractivity contribution is -0.159. The molecule has 2 aromatic rings. The third-order valence-electron chi connectivity index (χ3n) is 4.70. The molecule has 150 valence electrons. The minimum absolute atomic E-state index is 0.195. The van der Waals surface area contributed by atoms with Crippen LogP contribution < -0.4 is 0 Å². The van der Waals surface area contributed by atoms with Gasteiger partial charge in [-0.15, -0.1) is 0 Å². The lowest BCUT2D eigenvalue weighted by Gasteiger charge is -2.32. The van der Waals surface area contributed by atoms with Gasteiger partial charge in [-0.05, 0) is 56.0 Å². The van der Waals surface area contributed by atoms with Gasteiger partial charge in [0.2, 0.25) is 0 Å². The molecule has 5 nitrogen and oxygen atoms in total. The molecule has 0 aliphatic carbocycles. The second-order valence-corrected chi connectivity index (χ2v) is 7.13. The standard InChI is InChI=1S/C19H21ClFN.C2H2O4/c20-18-7-4-8-19(21)17(18)14-22-11-9-16(10-12-22)13-15-5-2-1-3-6-15;3-1(4)2(5)6/h1-8,16H,9-14H2;(H,3,4)(H,5,6). The number of piperidine rings is 1. The van der Waals surface area contributed by atoms with E-state index in [9.17, 15) is 4.39 Å². The molecular weight excluding hydrogens is 385 g/mol. The molecule has 0 radical (unpaired) electrons. The highest BCUT2D eigenvalue weighted by Gasteiger charge is 2.21. The zero-order valence-electron chi connectivity index (χ0n) is 15.4. The number of halogens is 2. The van der Waals surface area contributed by atoms with Crippen LogP contribution >= 0.6 is 11.6 Å². The Morgan fingerprint density at radius 2 is 1.61 bits per heavy atom. The number of carboxylic acid groups (broad SMARTS) is 2. The van der Waals surface area contributed by atoms with Crippen LogP contribution in [0, 0.1) is 11.7 Å². The van der Waals surface area contributed by atoms with Crippen molar-refractivity contribution in [2.24, 2.45) is 5.92 Å². The molecule has 0 bridgehead atoms. The summed E-state index contributed by atoms with van der Waals surface area (Å²) in [5, 5.41) is 15.3. The van der Waals surface area contributed by atoms with E-state index in [4.69, 9.17) is 31.4 Å². The van der Waals surface area contributed by atoms with E-state index in [0.29, 0.717) is 17.1 Å². The molecule has 0 unspecified atom stereocenters. The topological polar surface area (TPSA) is 77.8 Å². The summed E-state index contributed by atoms with van der Waals surface area (Å²) in [4.78, 5) is 20.5. The first kappa shape index (κ1) is 21.9. The number of benzene rings is 2. The molecule has 2 aromatic carbocycles. The quantitative estimate of drug-likeness (QED) is 0.746. The second-order valence-electron chi connectivity index (χ2n) is 6.72. The van der Waals surface area contributed by atoms with Crippen molar-refractivity contribution in [1.82, 2.24) is 4.90 Å². The zero-order valence-corrected chi connectivity index (χ0v) is 16.1. The highest BCUT2D eigenvalue weighted by Crippen LogP contribution is 2.25. The second kappa shape index (κ2) is 10.8. The highest BCUT2D eigenvalue weighted by atomic mass is 35.5. The fourth-order valence-corrected chi connectivity index (χ4v) is 3.43. The van der Waals surface area contributed by atoms with Gasteiger partial charge in [-0.25, -0.2) is 14.0 Å². The number of hydrogen-bond acceptors (Lipinski definition) is 3. The summed E-state index contributed by atoms with van der Waals surface area (Å²) in [6.07, 6.45) is 3.48. The van der Waals surface area contributed by atoms with Gasteiger partial charge in [-0.1, -0.05) is 48.0 Å². The minimum atomic E-state index is -1.82. The van der Waals surface area contributed by atoms with Gasteiger partial charge in [0, 0.05) is 17.1 Å². The molecule has 0 amide bonds. The van der Waals surface area contributed by atoms with Crippen LogP contribution in [0.15, 0.2) is 48.5 Å². The van der Waals surface area contributed by atoms with Crippen molar-refractivity contribution < 1.29 is 24.2 Å². The molecule has 1 saturated heterocycles. The molecule has 0 atom stereocenters. The molecule has 1 aliphatic rings. The molecule has 1 fully saturated rings. The van der Waals surface area contributed by atoms with E-state index >= 15 is 0 Å². The van der Waals surface area contributed by atoms with Crippen LogP contribution in [0.2, 0.25) is 5.02 Å². The summed E-state index contributed by atoms with van der Waals surface area (Å²) in [6.45, 7) is 2.65. The molecular formula is C21H23ClFNO4. The van der Waals surface area contributed by atoms with Gasteiger partial charge in [0.15, 0.2) is 0 Å². The smallest absolute Gasteiger partial charge is 0.414 e. The van der Waals surface area contributed by atoms with E-state index in [1.807, 2.05) is 0 Å². The maximum atomic E-state index is 13.9. The average Bonchev–Trinajstić information content (AvgIpc) is 2.67. The van der Waals surface area contributed by atoms with E-state index in [1.165, 1.54) is 24.5 Å². The minimum Gasteiger partial charge on any atom is -0.473 e. The Kier molecular flexibility index (Phi) is 8.42. The maximum absolute atomic E-state index is 13.9. The predicted molar refractivity (Wildman–Crippen MR) is 105 cm³/mol. The molecule has 0 aromatic heterocycles.